The molecule has 0 amide bonds. The van der Waals surface area contributed by atoms with E-state index < -0.39 is 15.8 Å². The van der Waals surface area contributed by atoms with Crippen molar-refractivity contribution in [2.75, 3.05) is 4.72 Å². The number of rotatable bonds is 4. The Morgan fingerprint density at radius 1 is 0.871 bits per heavy atom. The minimum Gasteiger partial charge on any atom is -0.311 e. The van der Waals surface area contributed by atoms with Crippen LogP contribution in [0.4, 0.5) is 10.1 Å². The average molecular weight is 441 g/mol. The van der Waals surface area contributed by atoms with E-state index in [9.17, 15) is 12.8 Å². The Balaban J connectivity index is 1.46. The van der Waals surface area contributed by atoms with Crippen LogP contribution in [0.5, 0.6) is 0 Å². The van der Waals surface area contributed by atoms with Gasteiger partial charge in [0.15, 0.2) is 5.82 Å². The summed E-state index contributed by atoms with van der Waals surface area (Å²) in [5.41, 5.74) is 2.88. The van der Waals surface area contributed by atoms with Gasteiger partial charge in [0.1, 0.15) is 11.6 Å². The lowest BCUT2D eigenvalue weighted by atomic mass is 9.92. The predicted octanol–water partition coefficient (Wildman–Crippen LogP) is 4.49. The Hall–Kier alpha value is -2.74. The third-order valence-electron chi connectivity index (χ3n) is 6.20. The van der Waals surface area contributed by atoms with Crippen molar-refractivity contribution < 1.29 is 12.8 Å². The SMILES string of the molecule is O=S(=O)(Nc1ccc(F)c(-c2nnc3n2CCCCC3)c1)c1ccc2c(c1)CCCC2. The van der Waals surface area contributed by atoms with Crippen LogP contribution in [-0.2, 0) is 35.8 Å². The maximum absolute atomic E-state index is 14.7. The van der Waals surface area contributed by atoms with Crippen molar-refractivity contribution in [3.63, 3.8) is 0 Å². The van der Waals surface area contributed by atoms with Crippen molar-refractivity contribution in [1.82, 2.24) is 14.8 Å². The van der Waals surface area contributed by atoms with Crippen LogP contribution in [0, 0.1) is 5.82 Å². The smallest absolute Gasteiger partial charge is 0.261 e. The van der Waals surface area contributed by atoms with E-state index in [0.717, 1.165) is 69.3 Å². The quantitative estimate of drug-likeness (QED) is 0.649. The monoisotopic (exact) mass is 440 g/mol. The normalized spacial score (nSPS) is 16.3. The highest BCUT2D eigenvalue weighted by atomic mass is 32.2. The third kappa shape index (κ3) is 3.96. The van der Waals surface area contributed by atoms with E-state index in [4.69, 9.17) is 0 Å². The molecule has 31 heavy (non-hydrogen) atoms. The Bertz CT molecular complexity index is 1240. The number of nitrogens with one attached hydrogen (secondary N) is 1. The zero-order valence-corrected chi connectivity index (χ0v) is 18.1. The van der Waals surface area contributed by atoms with Crippen molar-refractivity contribution in [3.8, 4) is 11.4 Å². The van der Waals surface area contributed by atoms with Crippen LogP contribution < -0.4 is 4.72 Å². The van der Waals surface area contributed by atoms with Crippen LogP contribution in [0.1, 0.15) is 49.1 Å². The fourth-order valence-corrected chi connectivity index (χ4v) is 5.64. The maximum Gasteiger partial charge on any atom is 0.261 e. The van der Waals surface area contributed by atoms with Crippen LogP contribution in [0.2, 0.25) is 0 Å². The second-order valence-electron chi connectivity index (χ2n) is 8.34. The minimum atomic E-state index is -3.78. The first-order valence-corrected chi connectivity index (χ1v) is 12.4. The summed E-state index contributed by atoms with van der Waals surface area (Å²) in [7, 11) is -3.78. The largest absolute Gasteiger partial charge is 0.311 e. The Kier molecular flexibility index (Phi) is 5.25. The number of nitrogens with zero attached hydrogens (tertiary/aromatic N) is 3. The molecule has 1 aliphatic carbocycles. The van der Waals surface area contributed by atoms with E-state index in [1.807, 2.05) is 10.6 Å². The van der Waals surface area contributed by atoms with Crippen LogP contribution in [0.25, 0.3) is 11.4 Å². The van der Waals surface area contributed by atoms with E-state index in [-0.39, 0.29) is 10.5 Å². The lowest BCUT2D eigenvalue weighted by molar-refractivity contribution is 0.600. The molecule has 0 spiro atoms. The van der Waals surface area contributed by atoms with Gasteiger partial charge < -0.3 is 4.57 Å². The van der Waals surface area contributed by atoms with E-state index >= 15 is 0 Å². The predicted molar refractivity (Wildman–Crippen MR) is 117 cm³/mol. The molecule has 0 radical (unpaired) electrons. The lowest BCUT2D eigenvalue weighted by Crippen LogP contribution is -2.14. The van der Waals surface area contributed by atoms with Crippen molar-refractivity contribution >= 4 is 15.7 Å². The first-order valence-electron chi connectivity index (χ1n) is 10.9. The van der Waals surface area contributed by atoms with Crippen LogP contribution in [0.15, 0.2) is 41.3 Å². The van der Waals surface area contributed by atoms with E-state index in [1.54, 1.807) is 12.1 Å². The molecule has 2 aliphatic rings. The molecular formula is C23H25FN4O2S. The summed E-state index contributed by atoms with van der Waals surface area (Å²) >= 11 is 0. The molecule has 0 atom stereocenters. The van der Waals surface area contributed by atoms with Gasteiger partial charge in [0.2, 0.25) is 0 Å². The molecule has 162 valence electrons. The standard InChI is InChI=1S/C23H25FN4O2S/c24-21-12-10-18(15-20(21)23-26-25-22-8-2-1-5-13-28(22)23)27-31(29,30)19-11-9-16-6-3-4-7-17(16)14-19/h9-12,14-15,27H,1-8,13H2. The minimum absolute atomic E-state index is 0.232. The summed E-state index contributed by atoms with van der Waals surface area (Å²) in [5, 5.41) is 8.44. The average Bonchev–Trinajstić information content (AvgIpc) is 3.02. The highest BCUT2D eigenvalue weighted by molar-refractivity contribution is 7.92. The van der Waals surface area contributed by atoms with Gasteiger partial charge >= 0.3 is 0 Å². The molecule has 0 fully saturated rings. The van der Waals surface area contributed by atoms with E-state index in [2.05, 4.69) is 14.9 Å². The van der Waals surface area contributed by atoms with E-state index in [0.29, 0.717) is 11.5 Å². The second kappa shape index (κ2) is 8.07. The number of fused-ring (bicyclic) bond motifs is 2. The van der Waals surface area contributed by atoms with Gasteiger partial charge in [0.25, 0.3) is 10.0 Å². The fourth-order valence-electron chi connectivity index (χ4n) is 4.54. The van der Waals surface area contributed by atoms with Crippen molar-refractivity contribution in [3.05, 3.63) is 59.2 Å². The first kappa shape index (κ1) is 20.2. The highest BCUT2D eigenvalue weighted by Crippen LogP contribution is 2.29. The topological polar surface area (TPSA) is 76.9 Å². The molecule has 0 saturated carbocycles. The molecule has 8 heteroatoms. The molecule has 0 unspecified atom stereocenters. The van der Waals surface area contributed by atoms with Crippen molar-refractivity contribution in [2.24, 2.45) is 0 Å². The summed E-state index contributed by atoms with van der Waals surface area (Å²) in [6.07, 6.45) is 8.07. The summed E-state index contributed by atoms with van der Waals surface area (Å²) in [6, 6.07) is 9.54. The van der Waals surface area contributed by atoms with Gasteiger partial charge in [-0.05, 0) is 80.0 Å². The number of aryl methyl sites for hydroxylation is 3. The molecular weight excluding hydrogens is 415 g/mol. The molecule has 0 saturated heterocycles. The molecule has 1 aromatic heterocycles. The fraction of sp³-hybridized carbons (Fsp3) is 0.391. The number of hydrogen-bond acceptors (Lipinski definition) is 4. The van der Waals surface area contributed by atoms with Crippen LogP contribution in [-0.4, -0.2) is 23.2 Å². The molecule has 5 rings (SSSR count). The number of benzene rings is 2. The zero-order chi connectivity index (χ0) is 21.4. The summed E-state index contributed by atoms with van der Waals surface area (Å²) in [5.74, 6) is 0.854. The first-order chi connectivity index (χ1) is 15.0. The summed E-state index contributed by atoms with van der Waals surface area (Å²) in [6.45, 7) is 0.738. The Labute approximate surface area is 181 Å². The zero-order valence-electron chi connectivity index (χ0n) is 17.3. The highest BCUT2D eigenvalue weighted by Gasteiger charge is 2.21. The Morgan fingerprint density at radius 2 is 1.68 bits per heavy atom. The molecule has 2 heterocycles. The number of aromatic nitrogens is 3. The van der Waals surface area contributed by atoms with Gasteiger partial charge in [0.05, 0.1) is 10.5 Å². The van der Waals surface area contributed by atoms with Gasteiger partial charge in [-0.3, -0.25) is 4.72 Å². The van der Waals surface area contributed by atoms with E-state index in [1.165, 1.54) is 23.8 Å². The van der Waals surface area contributed by atoms with Crippen LogP contribution >= 0.6 is 0 Å². The van der Waals surface area contributed by atoms with Gasteiger partial charge in [-0.2, -0.15) is 0 Å². The maximum atomic E-state index is 14.7. The molecule has 1 N–H and O–H groups in total. The van der Waals surface area contributed by atoms with Crippen LogP contribution in [0.3, 0.4) is 0 Å². The molecule has 6 nitrogen and oxygen atoms in total. The lowest BCUT2D eigenvalue weighted by Gasteiger charge is -2.17. The number of halogens is 1. The van der Waals surface area contributed by atoms with Gasteiger partial charge in [0, 0.05) is 18.7 Å². The Morgan fingerprint density at radius 3 is 2.55 bits per heavy atom. The van der Waals surface area contributed by atoms with Crippen molar-refractivity contribution in [1.29, 1.82) is 0 Å². The van der Waals surface area contributed by atoms with Crippen molar-refractivity contribution in [2.45, 2.75) is 62.8 Å². The van der Waals surface area contributed by atoms with Gasteiger partial charge in [-0.25, -0.2) is 12.8 Å². The molecule has 1 aliphatic heterocycles. The third-order valence-corrected chi connectivity index (χ3v) is 7.58. The molecule has 3 aromatic rings. The molecule has 2 aromatic carbocycles. The van der Waals surface area contributed by atoms with Gasteiger partial charge in [-0.1, -0.05) is 12.5 Å². The van der Waals surface area contributed by atoms with Gasteiger partial charge in [-0.15, -0.1) is 10.2 Å². The molecule has 0 bridgehead atoms. The number of anilines is 1. The summed E-state index contributed by atoms with van der Waals surface area (Å²) in [4.78, 5) is 0.232. The summed E-state index contributed by atoms with van der Waals surface area (Å²) < 4.78 is 45.3. The number of hydrogen-bond donors (Lipinski definition) is 1. The number of sulfonamides is 1. The second-order valence-corrected chi connectivity index (χ2v) is 10.0.